The lowest BCUT2D eigenvalue weighted by Crippen LogP contribution is -2.28. The van der Waals surface area contributed by atoms with Crippen LogP contribution in [0.3, 0.4) is 0 Å². The normalized spacial score (nSPS) is 11.5. The highest BCUT2D eigenvalue weighted by atomic mass is 32.2. The van der Waals surface area contributed by atoms with E-state index in [4.69, 9.17) is 4.55 Å². The number of anilines is 1. The Morgan fingerprint density at radius 1 is 1.00 bits per heavy atom. The van der Waals surface area contributed by atoms with Gasteiger partial charge in [-0.05, 0) is 48.5 Å². The number of amides is 1. The maximum atomic E-state index is 11.9. The van der Waals surface area contributed by atoms with Gasteiger partial charge in [-0.25, -0.2) is 0 Å². The maximum Gasteiger partial charge on any atom is 0.266 e. The number of nitrogens with one attached hydrogen (secondary N) is 1. The van der Waals surface area contributed by atoms with Crippen LogP contribution in [0, 0.1) is 0 Å². The van der Waals surface area contributed by atoms with E-state index in [-0.39, 0.29) is 6.54 Å². The Morgan fingerprint density at radius 2 is 1.50 bits per heavy atom. The van der Waals surface area contributed by atoms with E-state index in [1.54, 1.807) is 24.3 Å². The van der Waals surface area contributed by atoms with E-state index in [9.17, 15) is 13.2 Å². The molecule has 138 valence electrons. The van der Waals surface area contributed by atoms with E-state index >= 15 is 0 Å². The topological polar surface area (TPSA) is 111 Å². The Labute approximate surface area is 152 Å². The molecule has 9 heteroatoms. The molecule has 1 amide bonds. The number of hydrogen-bond donors (Lipinski definition) is 2. The van der Waals surface area contributed by atoms with Crippen molar-refractivity contribution in [1.82, 2.24) is 5.32 Å². The summed E-state index contributed by atoms with van der Waals surface area (Å²) >= 11 is 0. The highest BCUT2D eigenvalue weighted by molar-refractivity contribution is 7.85. The van der Waals surface area contributed by atoms with Gasteiger partial charge in [-0.15, -0.1) is 0 Å². The lowest BCUT2D eigenvalue weighted by Gasteiger charge is -2.11. The molecule has 0 aromatic heterocycles. The first-order valence-corrected chi connectivity index (χ1v) is 9.38. The Hall–Kier alpha value is -2.78. The van der Waals surface area contributed by atoms with Crippen LogP contribution < -0.4 is 10.2 Å². The van der Waals surface area contributed by atoms with Crippen LogP contribution in [-0.4, -0.2) is 45.3 Å². The summed E-state index contributed by atoms with van der Waals surface area (Å²) in [4.78, 5) is 13.8. The van der Waals surface area contributed by atoms with Gasteiger partial charge in [0.1, 0.15) is 0 Å². The average molecular weight is 376 g/mol. The van der Waals surface area contributed by atoms with E-state index in [2.05, 4.69) is 15.5 Å². The third-order valence-electron chi connectivity index (χ3n) is 3.42. The summed E-state index contributed by atoms with van der Waals surface area (Å²) in [6.45, 7) is -0.165. The molecule has 2 aromatic carbocycles. The van der Waals surface area contributed by atoms with Crippen LogP contribution in [0.4, 0.5) is 17.1 Å². The largest absolute Gasteiger partial charge is 0.378 e. The molecule has 0 aliphatic heterocycles. The molecule has 0 spiro atoms. The second-order valence-corrected chi connectivity index (χ2v) is 7.27. The Bertz CT molecular complexity index is 876. The van der Waals surface area contributed by atoms with Crippen LogP contribution in [-0.2, 0) is 10.1 Å². The summed E-state index contributed by atoms with van der Waals surface area (Å²) in [5.41, 5.74) is 2.71. The van der Waals surface area contributed by atoms with Gasteiger partial charge in [-0.3, -0.25) is 9.35 Å². The summed E-state index contributed by atoms with van der Waals surface area (Å²) in [7, 11) is -0.184. The maximum absolute atomic E-state index is 11.9. The summed E-state index contributed by atoms with van der Waals surface area (Å²) in [5, 5.41) is 10.7. The van der Waals surface area contributed by atoms with E-state index in [0.29, 0.717) is 16.9 Å². The van der Waals surface area contributed by atoms with Crippen LogP contribution in [0.5, 0.6) is 0 Å². The summed E-state index contributed by atoms with van der Waals surface area (Å²) in [5.74, 6) is -0.964. The smallest absolute Gasteiger partial charge is 0.266 e. The van der Waals surface area contributed by atoms with Gasteiger partial charge in [0.15, 0.2) is 0 Å². The van der Waals surface area contributed by atoms with Crippen LogP contribution in [0.25, 0.3) is 0 Å². The molecule has 0 saturated heterocycles. The second-order valence-electron chi connectivity index (χ2n) is 5.70. The van der Waals surface area contributed by atoms with Crippen molar-refractivity contribution < 1.29 is 17.8 Å². The molecular formula is C17H20N4O4S. The molecule has 0 radical (unpaired) electrons. The lowest BCUT2D eigenvalue weighted by molar-refractivity contribution is 0.0956. The molecule has 0 unspecified atom stereocenters. The molecule has 26 heavy (non-hydrogen) atoms. The summed E-state index contributed by atoms with van der Waals surface area (Å²) in [6.07, 6.45) is 0. The first-order valence-electron chi connectivity index (χ1n) is 7.77. The van der Waals surface area contributed by atoms with Gasteiger partial charge in [0, 0.05) is 31.9 Å². The van der Waals surface area contributed by atoms with Gasteiger partial charge in [-0.1, -0.05) is 0 Å². The molecule has 0 aliphatic carbocycles. The van der Waals surface area contributed by atoms with Crippen LogP contribution in [0.15, 0.2) is 58.8 Å². The molecule has 2 aromatic rings. The fourth-order valence-electron chi connectivity index (χ4n) is 2.01. The number of rotatable bonds is 7. The Balaban J connectivity index is 1.95. The summed E-state index contributed by atoms with van der Waals surface area (Å²) in [6, 6.07) is 14.0. The molecule has 0 aliphatic rings. The van der Waals surface area contributed by atoms with Crippen LogP contribution >= 0.6 is 0 Å². The van der Waals surface area contributed by atoms with Crippen LogP contribution in [0.2, 0.25) is 0 Å². The number of benzene rings is 2. The minimum atomic E-state index is -4.09. The fraction of sp³-hybridized carbons (Fsp3) is 0.235. The lowest BCUT2D eigenvalue weighted by atomic mass is 10.2. The van der Waals surface area contributed by atoms with Crippen molar-refractivity contribution in [3.8, 4) is 0 Å². The zero-order valence-electron chi connectivity index (χ0n) is 14.5. The second kappa shape index (κ2) is 8.54. The standard InChI is InChI=1S/C17H20N4O4S/c1-21(2)16-9-7-15(8-10-16)20-19-14-5-3-13(4-6-14)17(22)18-11-12-26(23,24)25/h3-10H,11-12H2,1-2H3,(H,18,22)(H,23,24,25). The predicted molar refractivity (Wildman–Crippen MR) is 100 cm³/mol. The molecule has 0 fully saturated rings. The Kier molecular flexibility index (Phi) is 6.42. The number of azo groups is 1. The van der Waals surface area contributed by atoms with Gasteiger partial charge in [0.05, 0.1) is 17.1 Å². The first kappa shape index (κ1) is 19.5. The SMILES string of the molecule is CN(C)c1ccc(N=Nc2ccc(C(=O)NCCS(=O)(=O)O)cc2)cc1. The van der Waals surface area contributed by atoms with Crippen molar-refractivity contribution in [2.75, 3.05) is 31.3 Å². The van der Waals surface area contributed by atoms with Crippen molar-refractivity contribution in [3.05, 3.63) is 54.1 Å². The molecular weight excluding hydrogens is 356 g/mol. The highest BCUT2D eigenvalue weighted by Gasteiger charge is 2.08. The number of carbonyl (C=O) groups excluding carboxylic acids is 1. The van der Waals surface area contributed by atoms with E-state index in [1.807, 2.05) is 43.3 Å². The minimum Gasteiger partial charge on any atom is -0.378 e. The molecule has 8 nitrogen and oxygen atoms in total. The van der Waals surface area contributed by atoms with Gasteiger partial charge in [0.25, 0.3) is 16.0 Å². The van der Waals surface area contributed by atoms with Crippen molar-refractivity contribution in [2.45, 2.75) is 0 Å². The molecule has 2 N–H and O–H groups in total. The molecule has 0 atom stereocenters. The quantitative estimate of drug-likeness (QED) is 0.570. The third kappa shape index (κ3) is 6.26. The van der Waals surface area contributed by atoms with E-state index in [1.165, 1.54) is 0 Å². The van der Waals surface area contributed by atoms with E-state index in [0.717, 1.165) is 5.69 Å². The van der Waals surface area contributed by atoms with E-state index < -0.39 is 21.8 Å². The molecule has 0 heterocycles. The summed E-state index contributed by atoms with van der Waals surface area (Å²) < 4.78 is 29.9. The third-order valence-corrected chi connectivity index (χ3v) is 4.14. The van der Waals surface area contributed by atoms with Gasteiger partial charge < -0.3 is 10.2 Å². The Morgan fingerprint density at radius 3 is 1.96 bits per heavy atom. The molecule has 2 rings (SSSR count). The van der Waals surface area contributed by atoms with Gasteiger partial charge >= 0.3 is 0 Å². The van der Waals surface area contributed by atoms with Crippen molar-refractivity contribution >= 4 is 33.1 Å². The van der Waals surface area contributed by atoms with Crippen LogP contribution in [0.1, 0.15) is 10.4 Å². The zero-order chi connectivity index (χ0) is 19.2. The first-order chi connectivity index (χ1) is 12.2. The van der Waals surface area contributed by atoms with Crippen molar-refractivity contribution in [3.63, 3.8) is 0 Å². The van der Waals surface area contributed by atoms with Crippen molar-refractivity contribution in [2.24, 2.45) is 10.2 Å². The number of carbonyl (C=O) groups is 1. The fourth-order valence-corrected chi connectivity index (χ4v) is 2.37. The highest BCUT2D eigenvalue weighted by Crippen LogP contribution is 2.21. The minimum absolute atomic E-state index is 0.165. The zero-order valence-corrected chi connectivity index (χ0v) is 15.3. The molecule has 0 bridgehead atoms. The van der Waals surface area contributed by atoms with Gasteiger partial charge in [0.2, 0.25) is 0 Å². The predicted octanol–water partition coefficient (Wildman–Crippen LogP) is 2.79. The number of nitrogens with zero attached hydrogens (tertiary/aromatic N) is 3. The monoisotopic (exact) mass is 376 g/mol. The average Bonchev–Trinajstić information content (AvgIpc) is 2.59. The van der Waals surface area contributed by atoms with Gasteiger partial charge in [-0.2, -0.15) is 18.6 Å². The molecule has 0 saturated carbocycles. The number of hydrogen-bond acceptors (Lipinski definition) is 6. The van der Waals surface area contributed by atoms with Crippen molar-refractivity contribution in [1.29, 1.82) is 0 Å².